The zero-order valence-corrected chi connectivity index (χ0v) is 33.7. The maximum absolute atomic E-state index is 10.1. The number of hydrogen-bond donors (Lipinski definition) is 1. The lowest BCUT2D eigenvalue weighted by molar-refractivity contribution is -0.0461. The van der Waals surface area contributed by atoms with Crippen LogP contribution < -0.4 is 9.47 Å². The van der Waals surface area contributed by atoms with Gasteiger partial charge >= 0.3 is 0 Å². The number of benzene rings is 4. The molecule has 11 nitrogen and oxygen atoms in total. The molecule has 0 amide bonds. The van der Waals surface area contributed by atoms with Crippen LogP contribution in [0.5, 0.6) is 11.8 Å². The van der Waals surface area contributed by atoms with Crippen molar-refractivity contribution in [2.24, 2.45) is 5.11 Å². The smallest absolute Gasteiger partial charge is 0.220 e. The molecule has 4 unspecified atom stereocenters. The molecule has 4 aromatic carbocycles. The van der Waals surface area contributed by atoms with Crippen molar-refractivity contribution >= 4 is 53.7 Å². The van der Waals surface area contributed by atoms with Crippen LogP contribution in [0.3, 0.4) is 0 Å². The largest absolute Gasteiger partial charge is 0.481 e. The van der Waals surface area contributed by atoms with E-state index in [2.05, 4.69) is 85.2 Å². The Morgan fingerprint density at radius 3 is 1.78 bits per heavy atom. The van der Waals surface area contributed by atoms with Gasteiger partial charge in [0.25, 0.3) is 0 Å². The Kier molecular flexibility index (Phi) is 10.1. The number of pyridine rings is 2. The van der Waals surface area contributed by atoms with Gasteiger partial charge in [0.2, 0.25) is 11.8 Å². The van der Waals surface area contributed by atoms with E-state index in [4.69, 9.17) is 39.2 Å². The van der Waals surface area contributed by atoms with Crippen LogP contribution in [-0.2, 0) is 25.4 Å². The van der Waals surface area contributed by atoms with Crippen LogP contribution >= 0.6 is 31.9 Å². The van der Waals surface area contributed by atoms with Gasteiger partial charge in [-0.1, -0.05) is 85.5 Å². The van der Waals surface area contributed by atoms with E-state index >= 15 is 0 Å². The van der Waals surface area contributed by atoms with Crippen molar-refractivity contribution in [2.45, 2.75) is 37.3 Å². The van der Waals surface area contributed by atoms with Crippen LogP contribution in [0.2, 0.25) is 0 Å². The molecule has 13 heteroatoms. The number of methoxy groups -OCH3 is 2. The van der Waals surface area contributed by atoms with E-state index in [-0.39, 0.29) is 19.3 Å². The summed E-state index contributed by atoms with van der Waals surface area (Å²) in [6.45, 7) is 5.33. The van der Waals surface area contributed by atoms with Gasteiger partial charge in [0.15, 0.2) is 0 Å². The number of fused-ring (bicyclic) bond motifs is 10. The third kappa shape index (κ3) is 6.53. The van der Waals surface area contributed by atoms with Crippen LogP contribution in [0.15, 0.2) is 99.0 Å². The highest BCUT2D eigenvalue weighted by Crippen LogP contribution is 2.56. The third-order valence-electron chi connectivity index (χ3n) is 10.5. The van der Waals surface area contributed by atoms with Crippen molar-refractivity contribution < 1.29 is 28.8 Å². The summed E-state index contributed by atoms with van der Waals surface area (Å²) < 4.78 is 31.4. The second-order valence-electron chi connectivity index (χ2n) is 13.9. The minimum absolute atomic E-state index is 0.00295. The zero-order valence-electron chi connectivity index (χ0n) is 30.5. The van der Waals surface area contributed by atoms with Gasteiger partial charge < -0.3 is 28.8 Å². The molecule has 2 aliphatic carbocycles. The van der Waals surface area contributed by atoms with Gasteiger partial charge in [-0.3, -0.25) is 0 Å². The lowest BCUT2D eigenvalue weighted by Crippen LogP contribution is -2.31. The number of aliphatic hydroxyl groups excluding tert-OH is 1. The number of aromatic nitrogens is 2. The van der Waals surface area contributed by atoms with Crippen molar-refractivity contribution in [1.29, 1.82) is 0 Å². The summed E-state index contributed by atoms with van der Waals surface area (Å²) in [7, 11) is 3.26. The zero-order chi connectivity index (χ0) is 38.5. The third-order valence-corrected chi connectivity index (χ3v) is 11.5. The monoisotopic (exact) mass is 865 g/mol. The van der Waals surface area contributed by atoms with Crippen molar-refractivity contribution in [2.75, 3.05) is 40.6 Å². The molecule has 280 valence electrons. The second-order valence-corrected chi connectivity index (χ2v) is 15.7. The fourth-order valence-electron chi connectivity index (χ4n) is 7.84. The highest BCUT2D eigenvalue weighted by molar-refractivity contribution is 9.10. The highest BCUT2D eigenvalue weighted by atomic mass is 79.9. The number of nitrogens with zero attached hydrogens (tertiary/aromatic N) is 5. The van der Waals surface area contributed by atoms with Gasteiger partial charge in [0, 0.05) is 35.8 Å². The summed E-state index contributed by atoms with van der Waals surface area (Å²) in [5, 5.41) is 15.6. The number of aliphatic hydroxyl groups is 1. The van der Waals surface area contributed by atoms with Gasteiger partial charge in [-0.2, -0.15) is 0 Å². The molecule has 4 atom stereocenters. The average Bonchev–Trinajstić information content (AvgIpc) is 3.95. The SMILES string of the molecule is COc1nc2ccc(Br)cc2c2c1C(C)(OCC(O)CN=[N+]=[N-])c1ccccc1-2.COc1nc2ccc(Br)cc2c2c1C(C)(OCC1CO1)c1ccccc1-2. The Balaban J connectivity index is 0.000000156. The number of halogens is 2. The fraction of sp³-hybridized carbons (Fsp3) is 0.286. The first kappa shape index (κ1) is 37.3. The molecule has 6 aromatic rings. The Morgan fingerprint density at radius 2 is 1.31 bits per heavy atom. The van der Waals surface area contributed by atoms with Crippen LogP contribution in [-0.4, -0.2) is 67.9 Å². The van der Waals surface area contributed by atoms with E-state index in [1.54, 1.807) is 14.2 Å². The van der Waals surface area contributed by atoms with E-state index in [1.807, 2.05) is 55.5 Å². The van der Waals surface area contributed by atoms with Gasteiger partial charge in [-0.15, -0.1) is 0 Å². The number of hydrogen-bond acceptors (Lipinski definition) is 9. The molecule has 2 aromatic heterocycles. The summed E-state index contributed by atoms with van der Waals surface area (Å²) >= 11 is 7.15. The van der Waals surface area contributed by atoms with E-state index in [1.165, 1.54) is 5.56 Å². The molecule has 55 heavy (non-hydrogen) atoms. The van der Waals surface area contributed by atoms with Crippen molar-refractivity contribution in [3.63, 3.8) is 0 Å². The molecular formula is C42H37Br2N5O6. The topological polar surface area (TPSA) is 144 Å². The second kappa shape index (κ2) is 14.8. The summed E-state index contributed by atoms with van der Waals surface area (Å²) in [5.74, 6) is 1.10. The minimum atomic E-state index is -0.910. The number of ether oxygens (including phenoxy) is 5. The first-order valence-corrected chi connectivity index (χ1v) is 19.3. The Labute approximate surface area is 334 Å². The molecule has 0 radical (unpaired) electrons. The Morgan fingerprint density at radius 1 is 0.818 bits per heavy atom. The van der Waals surface area contributed by atoms with E-state index in [0.717, 1.165) is 76.3 Å². The molecule has 3 heterocycles. The quantitative estimate of drug-likeness (QED) is 0.0621. The van der Waals surface area contributed by atoms with Crippen molar-refractivity contribution in [1.82, 2.24) is 9.97 Å². The average molecular weight is 868 g/mol. The standard InChI is InChI=1S/C21H19BrN4O3.C21H18BrNO3/c1-21(29-11-13(27)10-24-26-23)16-6-4-3-5-14(16)18-15-9-12(22)7-8-17(15)25-20(28-2)19(18)21;1-21(26-11-13-10-25-13)16-6-4-3-5-14(16)18-15-9-12(22)7-8-17(15)23-20(24-2)19(18)21/h3-9,13,27H,10-11H2,1-2H3;3-9,13H,10-11H2,1-2H3. The predicted octanol–water partition coefficient (Wildman–Crippen LogP) is 9.60. The molecule has 0 spiro atoms. The van der Waals surface area contributed by atoms with E-state index in [9.17, 15) is 5.11 Å². The maximum Gasteiger partial charge on any atom is 0.220 e. The van der Waals surface area contributed by atoms with Gasteiger partial charge in [0.05, 0.1) is 68.8 Å². The summed E-state index contributed by atoms with van der Waals surface area (Å²) in [6.07, 6.45) is -0.718. The molecular weight excluding hydrogens is 830 g/mol. The summed E-state index contributed by atoms with van der Waals surface area (Å²) in [5.41, 5.74) is 17.0. The summed E-state index contributed by atoms with van der Waals surface area (Å²) in [6, 6.07) is 28.5. The number of azide groups is 1. The summed E-state index contributed by atoms with van der Waals surface area (Å²) in [4.78, 5) is 12.2. The normalized spacial score (nSPS) is 20.4. The van der Waals surface area contributed by atoms with Gasteiger partial charge in [0.1, 0.15) is 17.3 Å². The van der Waals surface area contributed by atoms with E-state index < -0.39 is 17.3 Å². The number of epoxide rings is 1. The van der Waals surface area contributed by atoms with Gasteiger partial charge in [-0.25, -0.2) is 9.97 Å². The van der Waals surface area contributed by atoms with Crippen molar-refractivity contribution in [3.8, 4) is 34.0 Å². The molecule has 1 N–H and O–H groups in total. The molecule has 3 aliphatic rings. The fourth-order valence-corrected chi connectivity index (χ4v) is 8.56. The minimum Gasteiger partial charge on any atom is -0.481 e. The van der Waals surface area contributed by atoms with Crippen LogP contribution in [0.4, 0.5) is 0 Å². The Bertz CT molecular complexity index is 2530. The van der Waals surface area contributed by atoms with Crippen LogP contribution in [0.25, 0.3) is 54.5 Å². The first-order valence-electron chi connectivity index (χ1n) is 17.7. The predicted molar refractivity (Wildman–Crippen MR) is 217 cm³/mol. The van der Waals surface area contributed by atoms with Gasteiger partial charge in [-0.05, 0) is 78.0 Å². The van der Waals surface area contributed by atoms with Crippen molar-refractivity contribution in [3.05, 3.63) is 127 Å². The molecule has 0 saturated carbocycles. The van der Waals surface area contributed by atoms with Crippen LogP contribution in [0.1, 0.15) is 36.1 Å². The van der Waals surface area contributed by atoms with E-state index in [0.29, 0.717) is 18.4 Å². The molecule has 9 rings (SSSR count). The molecule has 1 fully saturated rings. The molecule has 1 saturated heterocycles. The number of rotatable bonds is 10. The lowest BCUT2D eigenvalue weighted by atomic mass is 9.93. The molecule has 0 bridgehead atoms. The Hall–Kier alpha value is -4.59. The van der Waals surface area contributed by atoms with Crippen LogP contribution in [0, 0.1) is 0 Å². The molecule has 1 aliphatic heterocycles. The highest BCUT2D eigenvalue weighted by Gasteiger charge is 2.47. The lowest BCUT2D eigenvalue weighted by Gasteiger charge is -2.29. The first-order chi connectivity index (χ1) is 26.6. The maximum atomic E-state index is 10.1.